The number of aliphatic imine (C=N–C) groups is 1. The smallest absolute Gasteiger partial charge is 0.266 e. The molecule has 0 spiro atoms. The molecule has 35 heavy (non-hydrogen) atoms. The number of rotatable bonds is 8. The molecule has 0 atom stereocenters. The molecule has 0 N–H and O–H groups in total. The first-order chi connectivity index (χ1) is 17.0. The molecule has 180 valence electrons. The SMILES string of the molecule is CCN1C(=O)/C(=C\c2ccc(OCc3ccc(F)cc3)c(OC)c2)SC1=Nc1ccc(OC)cc1. The monoisotopic (exact) mass is 492 g/mol. The average molecular weight is 493 g/mol. The van der Waals surface area contributed by atoms with Crippen LogP contribution in [0, 0.1) is 5.82 Å². The lowest BCUT2D eigenvalue weighted by Gasteiger charge is -2.12. The van der Waals surface area contributed by atoms with E-state index < -0.39 is 0 Å². The lowest BCUT2D eigenvalue weighted by atomic mass is 10.1. The number of likely N-dealkylation sites (N-methyl/N-ethyl adjacent to an activating group) is 1. The van der Waals surface area contributed by atoms with Gasteiger partial charge in [0.25, 0.3) is 5.91 Å². The van der Waals surface area contributed by atoms with E-state index in [9.17, 15) is 9.18 Å². The van der Waals surface area contributed by atoms with E-state index in [4.69, 9.17) is 14.2 Å². The van der Waals surface area contributed by atoms with Crippen LogP contribution >= 0.6 is 11.8 Å². The number of hydrogen-bond donors (Lipinski definition) is 0. The Morgan fingerprint density at radius 2 is 1.71 bits per heavy atom. The van der Waals surface area contributed by atoms with Gasteiger partial charge < -0.3 is 14.2 Å². The van der Waals surface area contributed by atoms with Gasteiger partial charge in [-0.05, 0) is 84.4 Å². The van der Waals surface area contributed by atoms with Crippen molar-refractivity contribution in [1.82, 2.24) is 4.90 Å². The third-order valence-corrected chi connectivity index (χ3v) is 6.30. The number of amidine groups is 1. The van der Waals surface area contributed by atoms with Crippen molar-refractivity contribution in [2.24, 2.45) is 4.99 Å². The Kier molecular flexibility index (Phi) is 7.72. The summed E-state index contributed by atoms with van der Waals surface area (Å²) in [6, 6.07) is 19.0. The molecule has 0 bridgehead atoms. The standard InChI is InChI=1S/C27H25FN2O4S/c1-4-30-26(31)25(35-27(30)29-21-10-12-22(32-2)13-11-21)16-19-7-14-23(24(15-19)33-3)34-17-18-5-8-20(28)9-6-18/h5-16H,4,17H2,1-3H3/b25-16+,29-27?. The summed E-state index contributed by atoms with van der Waals surface area (Å²) in [7, 11) is 3.17. The van der Waals surface area contributed by atoms with Gasteiger partial charge in [-0.25, -0.2) is 9.38 Å². The van der Waals surface area contributed by atoms with Gasteiger partial charge in [0.2, 0.25) is 0 Å². The second kappa shape index (κ2) is 11.1. The molecule has 6 nitrogen and oxygen atoms in total. The van der Waals surface area contributed by atoms with Crippen LogP contribution < -0.4 is 14.2 Å². The molecule has 1 heterocycles. The van der Waals surface area contributed by atoms with Crippen LogP contribution in [0.15, 0.2) is 76.6 Å². The molecule has 3 aromatic carbocycles. The maximum absolute atomic E-state index is 13.1. The predicted molar refractivity (Wildman–Crippen MR) is 137 cm³/mol. The number of benzene rings is 3. The Morgan fingerprint density at radius 1 is 0.971 bits per heavy atom. The van der Waals surface area contributed by atoms with Gasteiger partial charge in [-0.3, -0.25) is 9.69 Å². The van der Waals surface area contributed by atoms with E-state index in [-0.39, 0.29) is 18.3 Å². The van der Waals surface area contributed by atoms with Gasteiger partial charge in [-0.1, -0.05) is 18.2 Å². The summed E-state index contributed by atoms with van der Waals surface area (Å²) >= 11 is 1.33. The number of thioether (sulfide) groups is 1. The number of ether oxygens (including phenoxy) is 3. The molecule has 3 aromatic rings. The van der Waals surface area contributed by atoms with E-state index in [1.54, 1.807) is 37.3 Å². The lowest BCUT2D eigenvalue weighted by molar-refractivity contribution is -0.122. The normalized spacial score (nSPS) is 15.7. The van der Waals surface area contributed by atoms with Crippen molar-refractivity contribution in [1.29, 1.82) is 0 Å². The summed E-state index contributed by atoms with van der Waals surface area (Å²) in [5.74, 6) is 1.45. The van der Waals surface area contributed by atoms with Gasteiger partial charge in [0, 0.05) is 6.54 Å². The van der Waals surface area contributed by atoms with Gasteiger partial charge in [0.1, 0.15) is 18.2 Å². The zero-order valence-corrected chi connectivity index (χ0v) is 20.5. The molecule has 0 saturated carbocycles. The van der Waals surface area contributed by atoms with Crippen molar-refractivity contribution < 1.29 is 23.4 Å². The van der Waals surface area contributed by atoms with E-state index in [0.29, 0.717) is 28.1 Å². The Balaban J connectivity index is 1.52. The summed E-state index contributed by atoms with van der Waals surface area (Å²) < 4.78 is 29.7. The largest absolute Gasteiger partial charge is 0.497 e. The maximum Gasteiger partial charge on any atom is 0.266 e. The molecule has 1 aliphatic rings. The van der Waals surface area contributed by atoms with Crippen molar-refractivity contribution in [3.63, 3.8) is 0 Å². The first kappa shape index (κ1) is 24.3. The zero-order chi connectivity index (χ0) is 24.8. The number of halogens is 1. The minimum atomic E-state index is -0.290. The summed E-state index contributed by atoms with van der Waals surface area (Å²) in [5.41, 5.74) is 2.38. The molecule has 0 aromatic heterocycles. The summed E-state index contributed by atoms with van der Waals surface area (Å²) in [6.07, 6.45) is 1.82. The Labute approximate surface area is 208 Å². The van der Waals surface area contributed by atoms with Crippen LogP contribution in [0.4, 0.5) is 10.1 Å². The van der Waals surface area contributed by atoms with E-state index in [2.05, 4.69) is 4.99 Å². The van der Waals surface area contributed by atoms with Crippen LogP contribution in [0.5, 0.6) is 17.2 Å². The lowest BCUT2D eigenvalue weighted by Crippen LogP contribution is -2.28. The number of amides is 1. The molecule has 0 radical (unpaired) electrons. The van der Waals surface area contributed by atoms with E-state index in [1.165, 1.54) is 23.9 Å². The fraction of sp³-hybridized carbons (Fsp3) is 0.185. The van der Waals surface area contributed by atoms with Crippen molar-refractivity contribution >= 4 is 34.6 Å². The zero-order valence-electron chi connectivity index (χ0n) is 19.7. The fourth-order valence-electron chi connectivity index (χ4n) is 3.42. The molecule has 1 aliphatic heterocycles. The number of nitrogens with zero attached hydrogens (tertiary/aromatic N) is 2. The average Bonchev–Trinajstić information content (AvgIpc) is 3.17. The topological polar surface area (TPSA) is 60.4 Å². The van der Waals surface area contributed by atoms with Gasteiger partial charge >= 0.3 is 0 Å². The van der Waals surface area contributed by atoms with Crippen molar-refractivity contribution in [3.05, 3.63) is 88.6 Å². The number of carbonyl (C=O) groups excluding carboxylic acids is 1. The quantitative estimate of drug-likeness (QED) is 0.359. The minimum Gasteiger partial charge on any atom is -0.497 e. The van der Waals surface area contributed by atoms with E-state index >= 15 is 0 Å². The second-order valence-electron chi connectivity index (χ2n) is 7.58. The Morgan fingerprint density at radius 3 is 2.37 bits per heavy atom. The van der Waals surface area contributed by atoms with E-state index in [0.717, 1.165) is 22.6 Å². The van der Waals surface area contributed by atoms with Crippen LogP contribution in [0.3, 0.4) is 0 Å². The highest BCUT2D eigenvalue weighted by molar-refractivity contribution is 8.18. The third-order valence-electron chi connectivity index (χ3n) is 5.29. The minimum absolute atomic E-state index is 0.0969. The highest BCUT2D eigenvalue weighted by Crippen LogP contribution is 2.36. The van der Waals surface area contributed by atoms with Crippen LogP contribution in [-0.2, 0) is 11.4 Å². The first-order valence-electron chi connectivity index (χ1n) is 11.0. The molecule has 0 aliphatic carbocycles. The van der Waals surface area contributed by atoms with Crippen LogP contribution in [0.1, 0.15) is 18.1 Å². The molecular formula is C27H25FN2O4S. The Hall–Kier alpha value is -3.78. The van der Waals surface area contributed by atoms with Crippen molar-refractivity contribution in [2.75, 3.05) is 20.8 Å². The second-order valence-corrected chi connectivity index (χ2v) is 8.59. The van der Waals surface area contributed by atoms with Gasteiger partial charge in [-0.2, -0.15) is 0 Å². The predicted octanol–water partition coefficient (Wildman–Crippen LogP) is 6.05. The third kappa shape index (κ3) is 5.84. The maximum atomic E-state index is 13.1. The molecule has 4 rings (SSSR count). The molecule has 1 amide bonds. The van der Waals surface area contributed by atoms with Gasteiger partial charge in [0.15, 0.2) is 16.7 Å². The van der Waals surface area contributed by atoms with Crippen molar-refractivity contribution in [2.45, 2.75) is 13.5 Å². The summed E-state index contributed by atoms with van der Waals surface area (Å²) in [4.78, 5) is 19.9. The highest BCUT2D eigenvalue weighted by Gasteiger charge is 2.32. The van der Waals surface area contributed by atoms with Gasteiger partial charge in [0.05, 0.1) is 24.8 Å². The number of hydrogen-bond acceptors (Lipinski definition) is 6. The van der Waals surface area contributed by atoms with E-state index in [1.807, 2.05) is 49.4 Å². The molecule has 8 heteroatoms. The number of carbonyl (C=O) groups is 1. The highest BCUT2D eigenvalue weighted by atomic mass is 32.2. The number of methoxy groups -OCH3 is 2. The van der Waals surface area contributed by atoms with Crippen LogP contribution in [0.2, 0.25) is 0 Å². The van der Waals surface area contributed by atoms with Gasteiger partial charge in [-0.15, -0.1) is 0 Å². The molecule has 0 unspecified atom stereocenters. The molecule has 1 saturated heterocycles. The first-order valence-corrected chi connectivity index (χ1v) is 11.8. The van der Waals surface area contributed by atoms with Crippen LogP contribution in [-0.4, -0.2) is 36.7 Å². The Bertz CT molecular complexity index is 1260. The fourth-order valence-corrected chi connectivity index (χ4v) is 4.49. The van der Waals surface area contributed by atoms with Crippen molar-refractivity contribution in [3.8, 4) is 17.2 Å². The molecule has 1 fully saturated rings. The molecular weight excluding hydrogens is 467 g/mol. The summed E-state index contributed by atoms with van der Waals surface area (Å²) in [6.45, 7) is 2.71. The summed E-state index contributed by atoms with van der Waals surface area (Å²) in [5, 5.41) is 0.625. The van der Waals surface area contributed by atoms with Crippen LogP contribution in [0.25, 0.3) is 6.08 Å².